The van der Waals surface area contributed by atoms with Crippen molar-refractivity contribution in [3.05, 3.63) is 98.9 Å². The highest BCUT2D eigenvalue weighted by Gasteiger charge is 2.34. The minimum Gasteiger partial charge on any atom is -0.492 e. The lowest BCUT2D eigenvalue weighted by Crippen LogP contribution is -2.32. The van der Waals surface area contributed by atoms with Crippen molar-refractivity contribution in [2.24, 2.45) is 0 Å². The summed E-state index contributed by atoms with van der Waals surface area (Å²) in [6, 6.07) is 18.3. The molecule has 1 fully saturated rings. The predicted octanol–water partition coefficient (Wildman–Crippen LogP) is 4.79. The summed E-state index contributed by atoms with van der Waals surface area (Å²) in [6.07, 6.45) is 1.52. The van der Waals surface area contributed by atoms with E-state index in [2.05, 4.69) is 0 Å². The van der Waals surface area contributed by atoms with Crippen LogP contribution in [0, 0.1) is 17.0 Å². The van der Waals surface area contributed by atoms with Gasteiger partial charge in [-0.3, -0.25) is 24.6 Å². The van der Waals surface area contributed by atoms with Gasteiger partial charge in [0, 0.05) is 11.6 Å². The SMILES string of the molecule is Cc1ccc(S(=O)(=O)Oc2ccc(/C=C3\SC(=O)N(CCOc4ccccc4)C3=O)cc2)cc1[N+](=O)[O-]. The van der Waals surface area contributed by atoms with Crippen LogP contribution in [0.1, 0.15) is 11.1 Å². The second-order valence-corrected chi connectivity index (χ2v) is 10.3. The van der Waals surface area contributed by atoms with Crippen LogP contribution in [0.4, 0.5) is 10.5 Å². The number of nitro groups is 1. The Balaban J connectivity index is 1.41. The summed E-state index contributed by atoms with van der Waals surface area (Å²) in [5, 5.41) is 10.7. The topological polar surface area (TPSA) is 133 Å². The summed E-state index contributed by atoms with van der Waals surface area (Å²) in [5.74, 6) is 0.164. The van der Waals surface area contributed by atoms with Crippen LogP contribution < -0.4 is 8.92 Å². The summed E-state index contributed by atoms with van der Waals surface area (Å²) >= 11 is 0.800. The summed E-state index contributed by atoms with van der Waals surface area (Å²) < 4.78 is 35.8. The van der Waals surface area contributed by atoms with Gasteiger partial charge in [-0.1, -0.05) is 36.4 Å². The molecule has 0 N–H and O–H groups in total. The highest BCUT2D eigenvalue weighted by molar-refractivity contribution is 8.18. The zero-order chi connectivity index (χ0) is 26.6. The van der Waals surface area contributed by atoms with Crippen LogP contribution in [-0.4, -0.2) is 42.5 Å². The molecule has 0 aromatic heterocycles. The van der Waals surface area contributed by atoms with Crippen molar-refractivity contribution >= 4 is 44.8 Å². The maximum Gasteiger partial charge on any atom is 0.339 e. The highest BCUT2D eigenvalue weighted by Crippen LogP contribution is 2.32. The lowest BCUT2D eigenvalue weighted by molar-refractivity contribution is -0.385. The number of para-hydroxylation sites is 1. The molecular formula is C25H20N2O8S2. The van der Waals surface area contributed by atoms with Gasteiger partial charge in [-0.25, -0.2) is 0 Å². The van der Waals surface area contributed by atoms with Gasteiger partial charge in [0.25, 0.3) is 16.8 Å². The molecule has 1 heterocycles. The summed E-state index contributed by atoms with van der Waals surface area (Å²) in [5.41, 5.74) is 0.531. The molecule has 3 aromatic rings. The van der Waals surface area contributed by atoms with Gasteiger partial charge in [0.05, 0.1) is 16.4 Å². The molecule has 3 aromatic carbocycles. The number of rotatable bonds is 9. The van der Waals surface area contributed by atoms with Gasteiger partial charge >= 0.3 is 10.1 Å². The number of nitro benzene ring substituents is 1. The second-order valence-electron chi connectivity index (χ2n) is 7.81. The fraction of sp³-hybridized carbons (Fsp3) is 0.120. The van der Waals surface area contributed by atoms with Gasteiger partial charge in [0.15, 0.2) is 0 Å². The Kier molecular flexibility index (Phi) is 7.60. The van der Waals surface area contributed by atoms with Crippen molar-refractivity contribution in [2.45, 2.75) is 11.8 Å². The Bertz CT molecular complexity index is 1490. The Labute approximate surface area is 216 Å². The number of carbonyl (C=O) groups is 2. The quantitative estimate of drug-likeness (QED) is 0.163. The van der Waals surface area contributed by atoms with Crippen molar-refractivity contribution in [3.63, 3.8) is 0 Å². The number of imide groups is 1. The van der Waals surface area contributed by atoms with E-state index in [4.69, 9.17) is 8.92 Å². The van der Waals surface area contributed by atoms with Crippen LogP contribution in [0.3, 0.4) is 0 Å². The lowest BCUT2D eigenvalue weighted by atomic mass is 10.2. The van der Waals surface area contributed by atoms with Gasteiger partial charge in [-0.2, -0.15) is 8.42 Å². The Morgan fingerprint density at radius 1 is 1.00 bits per heavy atom. The van der Waals surface area contributed by atoms with Crippen molar-refractivity contribution in [1.29, 1.82) is 0 Å². The molecule has 0 unspecified atom stereocenters. The first-order valence-electron chi connectivity index (χ1n) is 10.9. The van der Waals surface area contributed by atoms with E-state index >= 15 is 0 Å². The minimum absolute atomic E-state index is 0.0217. The normalized spacial score (nSPS) is 14.7. The average Bonchev–Trinajstić information content (AvgIpc) is 3.13. The van der Waals surface area contributed by atoms with Gasteiger partial charge < -0.3 is 8.92 Å². The first-order valence-corrected chi connectivity index (χ1v) is 13.1. The molecule has 0 atom stereocenters. The monoisotopic (exact) mass is 540 g/mol. The van der Waals surface area contributed by atoms with Crippen LogP contribution in [-0.2, 0) is 14.9 Å². The third-order valence-electron chi connectivity index (χ3n) is 5.25. The molecule has 10 nitrogen and oxygen atoms in total. The summed E-state index contributed by atoms with van der Waals surface area (Å²) in [6.45, 7) is 1.75. The van der Waals surface area contributed by atoms with E-state index in [9.17, 15) is 28.1 Å². The molecule has 0 radical (unpaired) electrons. The number of nitrogens with zero attached hydrogens (tertiary/aromatic N) is 2. The molecule has 0 spiro atoms. The minimum atomic E-state index is -4.31. The second kappa shape index (κ2) is 10.8. The van der Waals surface area contributed by atoms with E-state index in [-0.39, 0.29) is 34.4 Å². The zero-order valence-corrected chi connectivity index (χ0v) is 21.0. The van der Waals surface area contributed by atoms with Crippen molar-refractivity contribution in [1.82, 2.24) is 4.90 Å². The van der Waals surface area contributed by atoms with Crippen LogP contribution in [0.25, 0.3) is 6.08 Å². The number of ether oxygens (including phenoxy) is 1. The van der Waals surface area contributed by atoms with Gasteiger partial charge in [0.1, 0.15) is 23.0 Å². The number of benzene rings is 3. The number of hydrogen-bond donors (Lipinski definition) is 0. The van der Waals surface area contributed by atoms with Crippen LogP contribution in [0.2, 0.25) is 0 Å². The Hall–Kier alpha value is -4.16. The Morgan fingerprint density at radius 3 is 2.38 bits per heavy atom. The van der Waals surface area contributed by atoms with E-state index < -0.39 is 26.2 Å². The third kappa shape index (κ3) is 6.16. The molecule has 0 saturated carbocycles. The first-order chi connectivity index (χ1) is 17.6. The fourth-order valence-electron chi connectivity index (χ4n) is 3.35. The first kappa shape index (κ1) is 25.9. The molecule has 0 bridgehead atoms. The largest absolute Gasteiger partial charge is 0.492 e. The predicted molar refractivity (Wildman–Crippen MR) is 137 cm³/mol. The van der Waals surface area contributed by atoms with E-state index in [0.29, 0.717) is 16.9 Å². The van der Waals surface area contributed by atoms with E-state index in [1.807, 2.05) is 18.2 Å². The van der Waals surface area contributed by atoms with E-state index in [1.165, 1.54) is 49.4 Å². The molecular weight excluding hydrogens is 520 g/mol. The molecule has 12 heteroatoms. The third-order valence-corrected chi connectivity index (χ3v) is 7.40. The summed E-state index contributed by atoms with van der Waals surface area (Å²) in [7, 11) is -4.31. The molecule has 0 aliphatic carbocycles. The molecule has 37 heavy (non-hydrogen) atoms. The molecule has 190 valence electrons. The molecule has 1 aliphatic heterocycles. The smallest absolute Gasteiger partial charge is 0.339 e. The standard InChI is InChI=1S/C25H20N2O8S2/c1-17-7-12-21(16-22(17)27(30)31)37(32,33)35-20-10-8-18(9-11-20)15-23-24(28)26(25(29)36-23)13-14-34-19-5-3-2-4-6-19/h2-12,15-16H,13-14H2,1H3/b23-15-. The number of amides is 2. The number of thioether (sulfide) groups is 1. The van der Waals surface area contributed by atoms with Crippen LogP contribution in [0.15, 0.2) is 82.6 Å². The van der Waals surface area contributed by atoms with Gasteiger partial charge in [-0.15, -0.1) is 0 Å². The molecule has 1 saturated heterocycles. The molecule has 4 rings (SSSR count). The number of carbonyl (C=O) groups excluding carboxylic acids is 2. The number of hydrogen-bond acceptors (Lipinski definition) is 9. The van der Waals surface area contributed by atoms with Crippen molar-refractivity contribution in [2.75, 3.05) is 13.2 Å². The lowest BCUT2D eigenvalue weighted by Gasteiger charge is -2.13. The van der Waals surface area contributed by atoms with Crippen molar-refractivity contribution < 1.29 is 31.9 Å². The van der Waals surface area contributed by atoms with Gasteiger partial charge in [0.2, 0.25) is 0 Å². The van der Waals surface area contributed by atoms with E-state index in [1.54, 1.807) is 12.1 Å². The van der Waals surface area contributed by atoms with Gasteiger partial charge in [-0.05, 0) is 60.7 Å². The van der Waals surface area contributed by atoms with Crippen LogP contribution >= 0.6 is 11.8 Å². The molecule has 2 amide bonds. The maximum atomic E-state index is 12.7. The highest BCUT2D eigenvalue weighted by atomic mass is 32.2. The Morgan fingerprint density at radius 2 is 1.70 bits per heavy atom. The zero-order valence-electron chi connectivity index (χ0n) is 19.4. The van der Waals surface area contributed by atoms with E-state index in [0.717, 1.165) is 22.7 Å². The molecule has 1 aliphatic rings. The maximum absolute atomic E-state index is 12.7. The number of aryl methyl sites for hydroxylation is 1. The van der Waals surface area contributed by atoms with Crippen LogP contribution in [0.5, 0.6) is 11.5 Å². The fourth-order valence-corrected chi connectivity index (χ4v) is 5.17. The average molecular weight is 541 g/mol. The summed E-state index contributed by atoms with van der Waals surface area (Å²) in [4.78, 5) is 36.4. The van der Waals surface area contributed by atoms with Crippen molar-refractivity contribution in [3.8, 4) is 11.5 Å².